The van der Waals surface area contributed by atoms with Crippen LogP contribution >= 0.6 is 23.2 Å². The van der Waals surface area contributed by atoms with E-state index in [1.54, 1.807) is 12.1 Å². The van der Waals surface area contributed by atoms with Crippen molar-refractivity contribution in [3.05, 3.63) is 84.8 Å². The first-order valence-electron chi connectivity index (χ1n) is 12.2. The minimum atomic E-state index is -1.04. The van der Waals surface area contributed by atoms with Gasteiger partial charge in [-0.15, -0.1) is 0 Å². The molecule has 1 aliphatic rings. The minimum Gasteiger partial charge on any atom is -0.460 e. The predicted octanol–water partition coefficient (Wildman–Crippen LogP) is 6.29. The largest absolute Gasteiger partial charge is 0.493 e. The van der Waals surface area contributed by atoms with E-state index in [1.165, 1.54) is 0 Å². The number of hydrogen-bond acceptors (Lipinski definition) is 6. The Hall–Kier alpha value is -2.84. The van der Waals surface area contributed by atoms with Crippen LogP contribution in [0.15, 0.2) is 45.6 Å². The van der Waals surface area contributed by atoms with E-state index in [2.05, 4.69) is 10.3 Å². The fourth-order valence-corrected chi connectivity index (χ4v) is 5.48. The van der Waals surface area contributed by atoms with Crippen LogP contribution in [0, 0.1) is 13.8 Å². The molecule has 0 fully saturated rings. The maximum atomic E-state index is 13.2. The average molecular weight is 537 g/mol. The van der Waals surface area contributed by atoms with Gasteiger partial charge < -0.3 is 19.4 Å². The molecule has 2 N–H and O–H groups in total. The van der Waals surface area contributed by atoms with E-state index in [-0.39, 0.29) is 24.0 Å². The number of aryl methyl sites for hydroxylation is 1. The molecule has 9 heteroatoms. The third-order valence-electron chi connectivity index (χ3n) is 6.79. The van der Waals surface area contributed by atoms with Gasteiger partial charge in [-0.3, -0.25) is 4.79 Å². The minimum absolute atomic E-state index is 0.00635. The molecule has 37 heavy (non-hydrogen) atoms. The summed E-state index contributed by atoms with van der Waals surface area (Å²) >= 11 is 12.8. The van der Waals surface area contributed by atoms with Gasteiger partial charge in [0.15, 0.2) is 5.43 Å². The lowest BCUT2D eigenvalue weighted by atomic mass is 9.79. The number of benzene rings is 2. The topological polar surface area (TPSA) is 84.6 Å². The fraction of sp³-hybridized carbons (Fsp3) is 0.286. The van der Waals surface area contributed by atoms with Crippen LogP contribution < -0.4 is 16.2 Å². The van der Waals surface area contributed by atoms with Gasteiger partial charge in [-0.25, -0.2) is 4.98 Å². The highest BCUT2D eigenvalue weighted by molar-refractivity contribution is 6.65. The van der Waals surface area contributed by atoms with Gasteiger partial charge in [0, 0.05) is 33.1 Å². The van der Waals surface area contributed by atoms with Crippen LogP contribution in [0.3, 0.4) is 0 Å². The van der Waals surface area contributed by atoms with E-state index >= 15 is 0 Å². The number of aromatic nitrogens is 1. The monoisotopic (exact) mass is 536 g/mol. The summed E-state index contributed by atoms with van der Waals surface area (Å²) in [5.74, 6) is 0.773. The molecular formula is C28H27BCl2N2O4. The van der Waals surface area contributed by atoms with Crippen molar-refractivity contribution in [2.75, 3.05) is 5.32 Å². The van der Waals surface area contributed by atoms with Crippen molar-refractivity contribution in [1.29, 1.82) is 0 Å². The molecule has 0 saturated carbocycles. The third kappa shape index (κ3) is 4.66. The van der Waals surface area contributed by atoms with Crippen molar-refractivity contribution >= 4 is 52.4 Å². The second kappa shape index (κ2) is 9.80. The third-order valence-corrected chi connectivity index (χ3v) is 7.31. The number of anilines is 1. The number of pyridine rings is 1. The van der Waals surface area contributed by atoms with Crippen molar-refractivity contribution in [3.63, 3.8) is 0 Å². The first kappa shape index (κ1) is 25.8. The molecule has 190 valence electrons. The first-order chi connectivity index (χ1) is 17.5. The molecule has 0 saturated heterocycles. The standard InChI is InChI=1S/C28H27BCl2N2O4/c1-13(2)27-15(4)26(34)20-9-14(3)8-19(28(20)37-27)16(5)32-22-6-7-23(31)33-25(22)17-10-18-12-36-29(35)24(18)21(30)11-17/h6-11,13,16,32,35H,12H2,1-5H3. The van der Waals surface area contributed by atoms with E-state index < -0.39 is 7.12 Å². The average Bonchev–Trinajstić information content (AvgIpc) is 3.23. The number of hydrogen-bond donors (Lipinski definition) is 2. The number of nitrogens with one attached hydrogen (secondary N) is 1. The Bertz CT molecular complexity index is 1600. The summed E-state index contributed by atoms with van der Waals surface area (Å²) in [6, 6.07) is 10.9. The lowest BCUT2D eigenvalue weighted by Gasteiger charge is -2.21. The lowest BCUT2D eigenvalue weighted by Crippen LogP contribution is -2.29. The second-order valence-electron chi connectivity index (χ2n) is 9.90. The van der Waals surface area contributed by atoms with E-state index in [0.29, 0.717) is 43.6 Å². The Morgan fingerprint density at radius 3 is 2.59 bits per heavy atom. The molecule has 1 atom stereocenters. The van der Waals surface area contributed by atoms with Crippen molar-refractivity contribution in [1.82, 2.24) is 4.98 Å². The first-order valence-corrected chi connectivity index (χ1v) is 12.9. The fourth-order valence-electron chi connectivity index (χ4n) is 5.00. The Morgan fingerprint density at radius 1 is 1.11 bits per heavy atom. The highest BCUT2D eigenvalue weighted by atomic mass is 35.5. The zero-order valence-electron chi connectivity index (χ0n) is 21.3. The molecule has 0 amide bonds. The van der Waals surface area contributed by atoms with Gasteiger partial charge in [-0.2, -0.15) is 0 Å². The zero-order valence-corrected chi connectivity index (χ0v) is 22.8. The van der Waals surface area contributed by atoms with E-state index in [4.69, 9.17) is 32.3 Å². The summed E-state index contributed by atoms with van der Waals surface area (Å²) in [7, 11) is -1.04. The normalized spacial score (nSPS) is 13.9. The highest BCUT2D eigenvalue weighted by Gasteiger charge is 2.31. The molecule has 0 radical (unpaired) electrons. The molecule has 1 unspecified atom stereocenters. The van der Waals surface area contributed by atoms with Gasteiger partial charge >= 0.3 is 7.12 Å². The maximum absolute atomic E-state index is 13.2. The molecule has 1 aliphatic heterocycles. The van der Waals surface area contributed by atoms with Crippen LogP contribution in [0.1, 0.15) is 60.7 Å². The number of halogens is 2. The van der Waals surface area contributed by atoms with Crippen LogP contribution in [0.4, 0.5) is 5.69 Å². The molecule has 2 aromatic carbocycles. The number of nitrogens with zero attached hydrogens (tertiary/aromatic N) is 1. The summed E-state index contributed by atoms with van der Waals surface area (Å²) in [5, 5.41) is 14.9. The number of rotatable bonds is 5. The predicted molar refractivity (Wildman–Crippen MR) is 150 cm³/mol. The summed E-state index contributed by atoms with van der Waals surface area (Å²) < 4.78 is 11.7. The van der Waals surface area contributed by atoms with Gasteiger partial charge in [0.1, 0.15) is 16.5 Å². The smallest absolute Gasteiger partial charge is 0.460 e. The SMILES string of the molecule is Cc1cc(C(C)Nc2ccc(Cl)nc2-c2cc(Cl)c3c(c2)COB3O)c2oc(C(C)C)c(C)c(=O)c2c1. The Morgan fingerprint density at radius 2 is 1.86 bits per heavy atom. The maximum Gasteiger partial charge on any atom is 0.493 e. The Kier molecular flexibility index (Phi) is 6.83. The summed E-state index contributed by atoms with van der Waals surface area (Å²) in [6.45, 7) is 10.1. The van der Waals surface area contributed by atoms with Crippen molar-refractivity contribution in [3.8, 4) is 11.3 Å². The van der Waals surface area contributed by atoms with Crippen molar-refractivity contribution in [2.24, 2.45) is 0 Å². The van der Waals surface area contributed by atoms with E-state index in [0.717, 1.165) is 27.9 Å². The highest BCUT2D eigenvalue weighted by Crippen LogP contribution is 2.35. The summed E-state index contributed by atoms with van der Waals surface area (Å²) in [4.78, 5) is 17.8. The Balaban J connectivity index is 1.61. The van der Waals surface area contributed by atoms with Crippen LogP contribution in [0.5, 0.6) is 0 Å². The summed E-state index contributed by atoms with van der Waals surface area (Å²) in [5.41, 5.74) is 6.54. The number of fused-ring (bicyclic) bond motifs is 2. The molecule has 3 heterocycles. The van der Waals surface area contributed by atoms with Gasteiger partial charge in [0.2, 0.25) is 0 Å². The molecule has 5 rings (SSSR count). The van der Waals surface area contributed by atoms with Gasteiger partial charge in [-0.05, 0) is 62.2 Å². The molecule has 0 aliphatic carbocycles. The quantitative estimate of drug-likeness (QED) is 0.230. The lowest BCUT2D eigenvalue weighted by molar-refractivity contribution is 0.275. The van der Waals surface area contributed by atoms with Crippen LogP contribution in [0.2, 0.25) is 10.2 Å². The molecule has 0 spiro atoms. The zero-order chi connectivity index (χ0) is 26.6. The van der Waals surface area contributed by atoms with Crippen molar-refractivity contribution in [2.45, 2.75) is 53.2 Å². The second-order valence-corrected chi connectivity index (χ2v) is 10.7. The van der Waals surface area contributed by atoms with Crippen LogP contribution in [0.25, 0.3) is 22.2 Å². The van der Waals surface area contributed by atoms with Gasteiger partial charge in [-0.1, -0.05) is 43.1 Å². The molecule has 4 aromatic rings. The molecule has 2 aromatic heterocycles. The van der Waals surface area contributed by atoms with E-state index in [1.807, 2.05) is 58.9 Å². The van der Waals surface area contributed by atoms with Gasteiger partial charge in [0.25, 0.3) is 0 Å². The molecular weight excluding hydrogens is 510 g/mol. The van der Waals surface area contributed by atoms with E-state index in [9.17, 15) is 9.82 Å². The molecule has 0 bridgehead atoms. The Labute approximate surface area is 225 Å². The van der Waals surface area contributed by atoms with Crippen LogP contribution in [-0.4, -0.2) is 17.1 Å². The summed E-state index contributed by atoms with van der Waals surface area (Å²) in [6.07, 6.45) is 0. The van der Waals surface area contributed by atoms with Gasteiger partial charge in [0.05, 0.1) is 29.4 Å². The van der Waals surface area contributed by atoms with Crippen LogP contribution in [-0.2, 0) is 11.3 Å². The van der Waals surface area contributed by atoms with Crippen molar-refractivity contribution < 1.29 is 14.1 Å². The molecule has 6 nitrogen and oxygen atoms in total.